The van der Waals surface area contributed by atoms with Crippen LogP contribution in [0.4, 0.5) is 4.79 Å². The molecule has 1 aliphatic rings. The molecule has 10 heavy (non-hydrogen) atoms. The van der Waals surface area contributed by atoms with Crippen LogP contribution in [0.5, 0.6) is 0 Å². The number of rotatable bonds is 0. The molecule has 1 heterocycles. The molecule has 58 valence electrons. The molecule has 0 bridgehead atoms. The van der Waals surface area contributed by atoms with Gasteiger partial charge in [-0.05, 0) is 13.3 Å². The van der Waals surface area contributed by atoms with Crippen molar-refractivity contribution in [3.63, 3.8) is 0 Å². The highest BCUT2D eigenvalue weighted by molar-refractivity contribution is 5.65. The fourth-order valence-electron chi connectivity index (χ4n) is 1.23. The smallest absolute Gasteiger partial charge is 0.407 e. The second-order valence-corrected chi connectivity index (χ2v) is 2.67. The molecule has 0 radical (unpaired) electrons. The fourth-order valence-corrected chi connectivity index (χ4v) is 1.23. The molecule has 2 atom stereocenters. The fraction of sp³-hybridized carbons (Fsp3) is 0.833. The number of amides is 1. The normalized spacial score (nSPS) is 32.8. The molecule has 1 amide bonds. The summed E-state index contributed by atoms with van der Waals surface area (Å²) >= 11 is 0. The zero-order chi connectivity index (χ0) is 7.72. The number of nitrogens with two attached hydrogens (primary N) is 1. The van der Waals surface area contributed by atoms with E-state index in [9.17, 15) is 4.79 Å². The van der Waals surface area contributed by atoms with Crippen LogP contribution in [0.15, 0.2) is 0 Å². The lowest BCUT2D eigenvalue weighted by Gasteiger charge is -2.18. The van der Waals surface area contributed by atoms with Crippen LogP contribution in [0.1, 0.15) is 13.3 Å². The van der Waals surface area contributed by atoms with Gasteiger partial charge in [0.1, 0.15) is 0 Å². The van der Waals surface area contributed by atoms with Crippen LogP contribution in [-0.2, 0) is 0 Å². The first kappa shape index (κ1) is 7.34. The molecule has 0 saturated carbocycles. The topological polar surface area (TPSA) is 66.6 Å². The third-order valence-electron chi connectivity index (χ3n) is 2.06. The van der Waals surface area contributed by atoms with E-state index in [-0.39, 0.29) is 12.1 Å². The Kier molecular flexibility index (Phi) is 1.80. The van der Waals surface area contributed by atoms with Crippen molar-refractivity contribution in [1.29, 1.82) is 0 Å². The lowest BCUT2D eigenvalue weighted by molar-refractivity contribution is 0.142. The van der Waals surface area contributed by atoms with E-state index in [1.54, 1.807) is 0 Å². The molecule has 1 saturated heterocycles. The zero-order valence-corrected chi connectivity index (χ0v) is 5.95. The minimum atomic E-state index is -0.861. The highest BCUT2D eigenvalue weighted by Gasteiger charge is 2.30. The Labute approximate surface area is 59.6 Å². The van der Waals surface area contributed by atoms with Gasteiger partial charge < -0.3 is 15.7 Å². The van der Waals surface area contributed by atoms with Crippen LogP contribution < -0.4 is 5.73 Å². The molecule has 0 unspecified atom stereocenters. The van der Waals surface area contributed by atoms with Gasteiger partial charge in [0, 0.05) is 18.6 Å². The molecule has 4 nitrogen and oxygen atoms in total. The van der Waals surface area contributed by atoms with Crippen molar-refractivity contribution in [3.8, 4) is 0 Å². The monoisotopic (exact) mass is 144 g/mol. The Bertz CT molecular complexity index is 149. The van der Waals surface area contributed by atoms with Crippen LogP contribution in [-0.4, -0.2) is 34.7 Å². The summed E-state index contributed by atoms with van der Waals surface area (Å²) in [4.78, 5) is 11.8. The van der Waals surface area contributed by atoms with Gasteiger partial charge in [-0.25, -0.2) is 4.79 Å². The highest BCUT2D eigenvalue weighted by Crippen LogP contribution is 2.14. The van der Waals surface area contributed by atoms with Gasteiger partial charge in [0.15, 0.2) is 0 Å². The molecule has 4 heteroatoms. The van der Waals surface area contributed by atoms with E-state index >= 15 is 0 Å². The summed E-state index contributed by atoms with van der Waals surface area (Å²) in [6.07, 6.45) is -0.0755. The van der Waals surface area contributed by atoms with Crippen LogP contribution in [0.2, 0.25) is 0 Å². The van der Waals surface area contributed by atoms with E-state index in [2.05, 4.69) is 0 Å². The van der Waals surface area contributed by atoms with Crippen LogP contribution in [0.3, 0.4) is 0 Å². The Hall–Kier alpha value is -0.770. The number of carbonyl (C=O) groups is 1. The second-order valence-electron chi connectivity index (χ2n) is 2.67. The molecular formula is C6H12N2O2. The Morgan fingerprint density at radius 1 is 1.80 bits per heavy atom. The van der Waals surface area contributed by atoms with Gasteiger partial charge in [-0.15, -0.1) is 0 Å². The average molecular weight is 144 g/mol. The Morgan fingerprint density at radius 3 is 2.60 bits per heavy atom. The van der Waals surface area contributed by atoms with Crippen molar-refractivity contribution < 1.29 is 9.90 Å². The molecule has 0 aromatic heterocycles. The van der Waals surface area contributed by atoms with Crippen LogP contribution >= 0.6 is 0 Å². The summed E-state index contributed by atoms with van der Waals surface area (Å²) in [5, 5.41) is 8.57. The molecule has 3 N–H and O–H groups in total. The van der Waals surface area contributed by atoms with E-state index in [1.165, 1.54) is 4.90 Å². The van der Waals surface area contributed by atoms with Crippen molar-refractivity contribution in [1.82, 2.24) is 4.90 Å². The number of hydrogen-bond acceptors (Lipinski definition) is 2. The zero-order valence-electron chi connectivity index (χ0n) is 5.95. The standard InChI is InChI=1S/C6H12N2O2/c1-4-5(7)2-3-8(4)6(9)10/h4-5H,2-3,7H2,1H3,(H,9,10)/t4-,5+/m1/s1. The number of likely N-dealkylation sites (tertiary alicyclic amines) is 1. The van der Waals surface area contributed by atoms with Gasteiger partial charge in [0.2, 0.25) is 0 Å². The second kappa shape index (κ2) is 2.46. The van der Waals surface area contributed by atoms with E-state index in [4.69, 9.17) is 10.8 Å². The van der Waals surface area contributed by atoms with Gasteiger partial charge in [-0.3, -0.25) is 0 Å². The van der Waals surface area contributed by atoms with E-state index in [1.807, 2.05) is 6.92 Å². The van der Waals surface area contributed by atoms with Crippen molar-refractivity contribution in [3.05, 3.63) is 0 Å². The lowest BCUT2D eigenvalue weighted by atomic mass is 10.2. The van der Waals surface area contributed by atoms with Crippen molar-refractivity contribution >= 4 is 6.09 Å². The minimum absolute atomic E-state index is 0.0162. The minimum Gasteiger partial charge on any atom is -0.465 e. The Morgan fingerprint density at radius 2 is 2.40 bits per heavy atom. The van der Waals surface area contributed by atoms with Crippen molar-refractivity contribution in [2.45, 2.75) is 25.4 Å². The maximum atomic E-state index is 10.4. The summed E-state index contributed by atoms with van der Waals surface area (Å²) < 4.78 is 0. The van der Waals surface area contributed by atoms with Gasteiger partial charge in [0.25, 0.3) is 0 Å². The third kappa shape index (κ3) is 1.07. The third-order valence-corrected chi connectivity index (χ3v) is 2.06. The summed E-state index contributed by atoms with van der Waals surface area (Å²) in [5.74, 6) is 0. The van der Waals surface area contributed by atoms with Gasteiger partial charge >= 0.3 is 6.09 Å². The quantitative estimate of drug-likeness (QED) is 0.506. The van der Waals surface area contributed by atoms with Crippen molar-refractivity contribution in [2.24, 2.45) is 5.73 Å². The predicted octanol–water partition coefficient (Wildman–Crippen LogP) is 0.0859. The van der Waals surface area contributed by atoms with Crippen LogP contribution in [0, 0.1) is 0 Å². The average Bonchev–Trinajstić information content (AvgIpc) is 2.14. The largest absolute Gasteiger partial charge is 0.465 e. The molecule has 1 aliphatic heterocycles. The first-order valence-electron chi connectivity index (χ1n) is 3.38. The summed E-state index contributed by atoms with van der Waals surface area (Å²) in [5.41, 5.74) is 5.60. The van der Waals surface area contributed by atoms with Gasteiger partial charge in [0.05, 0.1) is 0 Å². The molecule has 1 rings (SSSR count). The van der Waals surface area contributed by atoms with Crippen LogP contribution in [0.25, 0.3) is 0 Å². The summed E-state index contributed by atoms with van der Waals surface area (Å²) in [7, 11) is 0. The first-order chi connectivity index (χ1) is 4.63. The number of nitrogens with zero attached hydrogens (tertiary/aromatic N) is 1. The maximum absolute atomic E-state index is 10.4. The first-order valence-corrected chi connectivity index (χ1v) is 3.38. The SMILES string of the molecule is C[C@@H]1[C@@H](N)CCN1C(=O)O. The predicted molar refractivity (Wildman–Crippen MR) is 36.8 cm³/mol. The molecule has 1 fully saturated rings. The molecule has 0 aliphatic carbocycles. The molecular weight excluding hydrogens is 132 g/mol. The Balaban J connectivity index is 2.57. The van der Waals surface area contributed by atoms with E-state index in [0.717, 1.165) is 6.42 Å². The number of carboxylic acid groups (broad SMARTS) is 1. The van der Waals surface area contributed by atoms with Gasteiger partial charge in [-0.1, -0.05) is 0 Å². The highest BCUT2D eigenvalue weighted by atomic mass is 16.4. The molecule has 0 aromatic carbocycles. The number of hydrogen-bond donors (Lipinski definition) is 2. The van der Waals surface area contributed by atoms with Crippen molar-refractivity contribution in [2.75, 3.05) is 6.54 Å². The molecule has 0 aromatic rings. The van der Waals surface area contributed by atoms with Gasteiger partial charge in [-0.2, -0.15) is 0 Å². The summed E-state index contributed by atoms with van der Waals surface area (Å²) in [6.45, 7) is 2.42. The summed E-state index contributed by atoms with van der Waals surface area (Å²) in [6, 6.07) is 0.00796. The maximum Gasteiger partial charge on any atom is 0.407 e. The lowest BCUT2D eigenvalue weighted by Crippen LogP contribution is -2.39. The van der Waals surface area contributed by atoms with E-state index < -0.39 is 6.09 Å². The van der Waals surface area contributed by atoms with E-state index in [0.29, 0.717) is 6.54 Å². The molecule has 0 spiro atoms.